The van der Waals surface area contributed by atoms with E-state index >= 15 is 0 Å². The number of rotatable bonds is 2. The highest BCUT2D eigenvalue weighted by Gasteiger charge is 2.25. The molecule has 1 amide bonds. The number of pyridine rings is 1. The third kappa shape index (κ3) is 3.47. The van der Waals surface area contributed by atoms with Gasteiger partial charge < -0.3 is 9.80 Å². The van der Waals surface area contributed by atoms with Gasteiger partial charge in [-0.2, -0.15) is 0 Å². The van der Waals surface area contributed by atoms with Gasteiger partial charge in [-0.3, -0.25) is 9.78 Å². The van der Waals surface area contributed by atoms with Crippen LogP contribution >= 0.6 is 11.6 Å². The van der Waals surface area contributed by atoms with Crippen LogP contribution in [0.4, 0.5) is 10.1 Å². The average Bonchev–Trinajstić information content (AvgIpc) is 2.68. The number of halogens is 2. The van der Waals surface area contributed by atoms with Crippen LogP contribution in [0.2, 0.25) is 5.02 Å². The highest BCUT2D eigenvalue weighted by Crippen LogP contribution is 2.27. The summed E-state index contributed by atoms with van der Waals surface area (Å²) < 4.78 is 13.7. The zero-order valence-electron chi connectivity index (χ0n) is 15.0. The number of fused-ring (bicyclic) bond motifs is 1. The Morgan fingerprint density at radius 1 is 1.07 bits per heavy atom. The number of carbonyl (C=O) groups excluding carboxylic acids is 1. The van der Waals surface area contributed by atoms with Crippen molar-refractivity contribution in [1.29, 1.82) is 0 Å². The minimum Gasteiger partial charge on any atom is -0.367 e. The van der Waals surface area contributed by atoms with Crippen LogP contribution in [-0.2, 0) is 0 Å². The predicted octanol–water partition coefficient (Wildman–Crippen LogP) is 4.30. The Balaban J connectivity index is 1.57. The van der Waals surface area contributed by atoms with Crippen LogP contribution in [0.1, 0.15) is 16.1 Å². The van der Waals surface area contributed by atoms with Crippen LogP contribution in [-0.4, -0.2) is 42.0 Å². The van der Waals surface area contributed by atoms with Crippen LogP contribution in [0.15, 0.2) is 48.5 Å². The van der Waals surface area contributed by atoms with Gasteiger partial charge >= 0.3 is 0 Å². The van der Waals surface area contributed by atoms with Crippen molar-refractivity contribution in [2.24, 2.45) is 0 Å². The summed E-state index contributed by atoms with van der Waals surface area (Å²) in [6.07, 6.45) is 0. The van der Waals surface area contributed by atoms with Crippen molar-refractivity contribution < 1.29 is 9.18 Å². The van der Waals surface area contributed by atoms with Crippen molar-refractivity contribution >= 4 is 34.1 Å². The molecule has 6 heteroatoms. The van der Waals surface area contributed by atoms with Crippen molar-refractivity contribution in [3.63, 3.8) is 0 Å². The maximum absolute atomic E-state index is 13.7. The second-order valence-electron chi connectivity index (χ2n) is 6.70. The van der Waals surface area contributed by atoms with Crippen LogP contribution in [0.25, 0.3) is 10.9 Å². The molecule has 0 atom stereocenters. The van der Waals surface area contributed by atoms with Crippen LogP contribution in [0.3, 0.4) is 0 Å². The Labute approximate surface area is 162 Å². The minimum atomic E-state index is -0.370. The molecule has 0 spiro atoms. The molecule has 1 aliphatic rings. The lowest BCUT2D eigenvalue weighted by Crippen LogP contribution is -2.49. The number of anilines is 1. The maximum Gasteiger partial charge on any atom is 0.254 e. The third-order valence-corrected chi connectivity index (χ3v) is 5.21. The van der Waals surface area contributed by atoms with E-state index in [1.165, 1.54) is 12.1 Å². The average molecular weight is 384 g/mol. The number of para-hydroxylation sites is 1. The molecular weight excluding hydrogens is 365 g/mol. The summed E-state index contributed by atoms with van der Waals surface area (Å²) in [5, 5.41) is 1.27. The Bertz CT molecular complexity index is 1020. The fraction of sp³-hybridized carbons (Fsp3) is 0.238. The molecule has 1 saturated heterocycles. The molecule has 27 heavy (non-hydrogen) atoms. The van der Waals surface area contributed by atoms with Gasteiger partial charge in [-0.15, -0.1) is 0 Å². The zero-order valence-corrected chi connectivity index (χ0v) is 15.7. The number of hydrogen-bond donors (Lipinski definition) is 0. The topological polar surface area (TPSA) is 36.4 Å². The van der Waals surface area contributed by atoms with Gasteiger partial charge in [0.25, 0.3) is 5.91 Å². The molecule has 3 aromatic rings. The SMILES string of the molecule is Cc1cc(C(=O)N2CCN(c3ccccc3Cl)CC2)c2cc(F)ccc2n1. The van der Waals surface area contributed by atoms with Gasteiger partial charge in [0, 0.05) is 37.3 Å². The van der Waals surface area contributed by atoms with E-state index in [1.54, 1.807) is 12.1 Å². The molecule has 1 aliphatic heterocycles. The maximum atomic E-state index is 13.7. The summed E-state index contributed by atoms with van der Waals surface area (Å²) in [5.41, 5.74) is 2.86. The number of carbonyl (C=O) groups is 1. The molecule has 1 aromatic heterocycles. The molecule has 0 saturated carbocycles. The first-order valence-electron chi connectivity index (χ1n) is 8.88. The summed E-state index contributed by atoms with van der Waals surface area (Å²) in [6.45, 7) is 4.41. The van der Waals surface area contributed by atoms with Crippen molar-refractivity contribution in [2.45, 2.75) is 6.92 Å². The van der Waals surface area contributed by atoms with Gasteiger partial charge in [0.05, 0.1) is 21.8 Å². The van der Waals surface area contributed by atoms with E-state index in [0.717, 1.165) is 11.4 Å². The van der Waals surface area contributed by atoms with E-state index in [4.69, 9.17) is 11.6 Å². The molecule has 2 heterocycles. The largest absolute Gasteiger partial charge is 0.367 e. The van der Waals surface area contributed by atoms with Crippen molar-refractivity contribution in [3.05, 3.63) is 70.6 Å². The van der Waals surface area contributed by atoms with E-state index in [2.05, 4.69) is 9.88 Å². The summed E-state index contributed by atoms with van der Waals surface area (Å²) in [7, 11) is 0. The first-order valence-corrected chi connectivity index (χ1v) is 9.26. The number of piperazine rings is 1. The monoisotopic (exact) mass is 383 g/mol. The van der Waals surface area contributed by atoms with Crippen molar-refractivity contribution in [1.82, 2.24) is 9.88 Å². The molecule has 2 aromatic carbocycles. The number of aromatic nitrogens is 1. The number of benzene rings is 2. The van der Waals surface area contributed by atoms with Crippen LogP contribution in [0, 0.1) is 12.7 Å². The van der Waals surface area contributed by atoms with E-state index in [-0.39, 0.29) is 11.7 Å². The molecule has 1 fully saturated rings. The van der Waals surface area contributed by atoms with E-state index in [0.29, 0.717) is 47.7 Å². The number of amides is 1. The van der Waals surface area contributed by atoms with Gasteiger partial charge in [-0.25, -0.2) is 4.39 Å². The summed E-state index contributed by atoms with van der Waals surface area (Å²) in [6, 6.07) is 13.8. The standard InChI is InChI=1S/C21H19ClFN3O/c1-14-12-17(16-13-15(23)6-7-19(16)24-14)21(27)26-10-8-25(9-11-26)20-5-3-2-4-18(20)22/h2-7,12-13H,8-11H2,1H3. The zero-order chi connectivity index (χ0) is 19.0. The molecule has 0 unspecified atom stereocenters. The van der Waals surface area contributed by atoms with Crippen molar-refractivity contribution in [2.75, 3.05) is 31.1 Å². The Morgan fingerprint density at radius 2 is 1.81 bits per heavy atom. The summed E-state index contributed by atoms with van der Waals surface area (Å²) >= 11 is 6.29. The number of aryl methyl sites for hydroxylation is 1. The Morgan fingerprint density at radius 3 is 2.56 bits per heavy atom. The van der Waals surface area contributed by atoms with E-state index in [1.807, 2.05) is 36.1 Å². The Hall–Kier alpha value is -2.66. The fourth-order valence-corrected chi connectivity index (χ4v) is 3.79. The van der Waals surface area contributed by atoms with Crippen LogP contribution < -0.4 is 4.90 Å². The highest BCUT2D eigenvalue weighted by molar-refractivity contribution is 6.33. The van der Waals surface area contributed by atoms with Crippen molar-refractivity contribution in [3.8, 4) is 0 Å². The molecule has 0 aliphatic carbocycles. The lowest BCUT2D eigenvalue weighted by Gasteiger charge is -2.36. The van der Waals surface area contributed by atoms with E-state index < -0.39 is 0 Å². The second kappa shape index (κ2) is 7.16. The summed E-state index contributed by atoms with van der Waals surface area (Å²) in [4.78, 5) is 21.5. The predicted molar refractivity (Wildman–Crippen MR) is 106 cm³/mol. The molecule has 4 rings (SSSR count). The normalized spacial score (nSPS) is 14.6. The lowest BCUT2D eigenvalue weighted by atomic mass is 10.1. The molecular formula is C21H19ClFN3O. The minimum absolute atomic E-state index is 0.0880. The quantitative estimate of drug-likeness (QED) is 0.662. The third-order valence-electron chi connectivity index (χ3n) is 4.89. The van der Waals surface area contributed by atoms with E-state index in [9.17, 15) is 9.18 Å². The Kier molecular flexibility index (Phi) is 4.70. The first kappa shape index (κ1) is 17.7. The highest BCUT2D eigenvalue weighted by atomic mass is 35.5. The number of nitrogens with zero attached hydrogens (tertiary/aromatic N) is 3. The summed E-state index contributed by atoms with van der Waals surface area (Å²) in [5.74, 6) is -0.458. The van der Waals surface area contributed by atoms with Gasteiger partial charge in [-0.1, -0.05) is 23.7 Å². The first-order chi connectivity index (χ1) is 13.0. The van der Waals surface area contributed by atoms with Crippen LogP contribution in [0.5, 0.6) is 0 Å². The van der Waals surface area contributed by atoms with Gasteiger partial charge in [-0.05, 0) is 43.3 Å². The number of hydrogen-bond acceptors (Lipinski definition) is 3. The molecule has 0 radical (unpaired) electrons. The van der Waals surface area contributed by atoms with Gasteiger partial charge in [0.1, 0.15) is 5.82 Å². The molecule has 0 bridgehead atoms. The molecule has 138 valence electrons. The smallest absolute Gasteiger partial charge is 0.254 e. The second-order valence-corrected chi connectivity index (χ2v) is 7.11. The molecule has 0 N–H and O–H groups in total. The lowest BCUT2D eigenvalue weighted by molar-refractivity contribution is 0.0748. The fourth-order valence-electron chi connectivity index (χ4n) is 3.54. The van der Waals surface area contributed by atoms with Gasteiger partial charge in [0.2, 0.25) is 0 Å². The van der Waals surface area contributed by atoms with Gasteiger partial charge in [0.15, 0.2) is 0 Å². The molecule has 4 nitrogen and oxygen atoms in total.